The summed E-state index contributed by atoms with van der Waals surface area (Å²) in [7, 11) is 0. The van der Waals surface area contributed by atoms with Gasteiger partial charge in [0.25, 0.3) is 5.91 Å². The van der Waals surface area contributed by atoms with Crippen LogP contribution in [0.3, 0.4) is 0 Å². The third kappa shape index (κ3) is 4.04. The third-order valence-corrected chi connectivity index (χ3v) is 5.19. The number of carboxylic acid groups (broad SMARTS) is 1. The number of hydrogen-bond donors (Lipinski definition) is 1. The van der Waals surface area contributed by atoms with Gasteiger partial charge in [-0.15, -0.1) is 0 Å². The Balaban J connectivity index is 2.20. The summed E-state index contributed by atoms with van der Waals surface area (Å²) in [5, 5.41) is 9.94. The normalized spacial score (nSPS) is 12.9. The van der Waals surface area contributed by atoms with Crippen molar-refractivity contribution >= 4 is 45.0 Å². The van der Waals surface area contributed by atoms with E-state index in [2.05, 4.69) is 4.99 Å². The summed E-state index contributed by atoms with van der Waals surface area (Å²) in [6.07, 6.45) is 0. The molecular weight excluding hydrogens is 388 g/mol. The molecule has 0 bridgehead atoms. The summed E-state index contributed by atoms with van der Waals surface area (Å²) in [4.78, 5) is 28.6. The SMILES string of the molecule is CCOc1ccc2s/c(=N\C(=O)c3cccc(Cl)c3)n(C(C)C(=O)O)c2c1. The van der Waals surface area contributed by atoms with E-state index in [4.69, 9.17) is 16.3 Å². The van der Waals surface area contributed by atoms with E-state index < -0.39 is 17.9 Å². The first-order valence-electron chi connectivity index (χ1n) is 8.26. The largest absolute Gasteiger partial charge is 0.494 e. The highest BCUT2D eigenvalue weighted by Crippen LogP contribution is 2.26. The molecule has 6 nitrogen and oxygen atoms in total. The van der Waals surface area contributed by atoms with Crippen LogP contribution in [0.4, 0.5) is 0 Å². The third-order valence-electron chi connectivity index (χ3n) is 3.92. The number of amides is 1. The molecule has 140 valence electrons. The zero-order chi connectivity index (χ0) is 19.6. The Labute approximate surface area is 164 Å². The predicted molar refractivity (Wildman–Crippen MR) is 105 cm³/mol. The Kier molecular flexibility index (Phi) is 5.62. The van der Waals surface area contributed by atoms with Crippen LogP contribution in [0.25, 0.3) is 10.2 Å². The Bertz CT molecular complexity index is 1090. The molecule has 0 saturated carbocycles. The molecular formula is C19H17ClN2O4S. The average Bonchev–Trinajstić information content (AvgIpc) is 2.98. The number of rotatable bonds is 5. The highest BCUT2D eigenvalue weighted by Gasteiger charge is 2.20. The molecule has 2 aromatic carbocycles. The van der Waals surface area contributed by atoms with Crippen molar-refractivity contribution in [3.63, 3.8) is 0 Å². The Morgan fingerprint density at radius 1 is 1.30 bits per heavy atom. The van der Waals surface area contributed by atoms with Crippen LogP contribution in [-0.4, -0.2) is 28.2 Å². The molecule has 0 fully saturated rings. The quantitative estimate of drug-likeness (QED) is 0.692. The van der Waals surface area contributed by atoms with Crippen molar-refractivity contribution in [3.8, 4) is 5.75 Å². The second-order valence-electron chi connectivity index (χ2n) is 5.76. The molecule has 8 heteroatoms. The fourth-order valence-corrected chi connectivity index (χ4v) is 3.88. The smallest absolute Gasteiger partial charge is 0.326 e. The number of carboxylic acids is 1. The molecule has 27 heavy (non-hydrogen) atoms. The van der Waals surface area contributed by atoms with Gasteiger partial charge in [0.1, 0.15) is 11.8 Å². The minimum absolute atomic E-state index is 0.304. The zero-order valence-corrected chi connectivity index (χ0v) is 16.3. The molecule has 1 aromatic heterocycles. The number of fused-ring (bicyclic) bond motifs is 1. The Hall–Kier alpha value is -2.64. The second-order valence-corrected chi connectivity index (χ2v) is 7.20. The van der Waals surface area contributed by atoms with Crippen molar-refractivity contribution < 1.29 is 19.4 Å². The van der Waals surface area contributed by atoms with Gasteiger partial charge in [0.2, 0.25) is 0 Å². The Morgan fingerprint density at radius 2 is 2.07 bits per heavy atom. The summed E-state index contributed by atoms with van der Waals surface area (Å²) < 4.78 is 7.86. The van der Waals surface area contributed by atoms with Crippen LogP contribution in [0.1, 0.15) is 30.2 Å². The lowest BCUT2D eigenvalue weighted by Crippen LogP contribution is -2.25. The number of nitrogens with zero attached hydrogens (tertiary/aromatic N) is 2. The molecule has 1 amide bonds. The molecule has 0 radical (unpaired) electrons. The maximum Gasteiger partial charge on any atom is 0.326 e. The molecule has 3 rings (SSSR count). The number of carbonyl (C=O) groups excluding carboxylic acids is 1. The number of hydrogen-bond acceptors (Lipinski definition) is 4. The molecule has 0 aliphatic carbocycles. The van der Waals surface area contributed by atoms with Gasteiger partial charge in [-0.2, -0.15) is 4.99 Å². The number of aromatic nitrogens is 1. The lowest BCUT2D eigenvalue weighted by molar-refractivity contribution is -0.140. The fraction of sp³-hybridized carbons (Fsp3) is 0.211. The first-order chi connectivity index (χ1) is 12.9. The van der Waals surface area contributed by atoms with E-state index in [1.54, 1.807) is 37.3 Å². The fourth-order valence-electron chi connectivity index (χ4n) is 2.61. The Morgan fingerprint density at radius 3 is 2.74 bits per heavy atom. The van der Waals surface area contributed by atoms with Gasteiger partial charge >= 0.3 is 5.97 Å². The van der Waals surface area contributed by atoms with Crippen LogP contribution in [0.15, 0.2) is 47.5 Å². The van der Waals surface area contributed by atoms with Gasteiger partial charge in [-0.1, -0.05) is 29.0 Å². The van der Waals surface area contributed by atoms with Gasteiger partial charge in [-0.25, -0.2) is 4.79 Å². The van der Waals surface area contributed by atoms with Gasteiger partial charge in [-0.3, -0.25) is 4.79 Å². The van der Waals surface area contributed by atoms with E-state index in [1.807, 2.05) is 13.0 Å². The standard InChI is InChI=1S/C19H17ClN2O4S/c1-3-26-14-7-8-16-15(10-14)22(11(2)18(24)25)19(27-16)21-17(23)12-5-4-6-13(20)9-12/h4-11H,3H2,1-2H3,(H,24,25)/b21-19-. The van der Waals surface area contributed by atoms with Crippen LogP contribution in [0.5, 0.6) is 5.75 Å². The van der Waals surface area contributed by atoms with Crippen molar-refractivity contribution in [1.29, 1.82) is 0 Å². The molecule has 1 unspecified atom stereocenters. The topological polar surface area (TPSA) is 80.9 Å². The minimum atomic E-state index is -1.02. The number of aliphatic carboxylic acids is 1. The lowest BCUT2D eigenvalue weighted by atomic mass is 10.2. The number of benzene rings is 2. The van der Waals surface area contributed by atoms with Crippen LogP contribution < -0.4 is 9.54 Å². The van der Waals surface area contributed by atoms with Crippen LogP contribution in [-0.2, 0) is 4.79 Å². The van der Waals surface area contributed by atoms with E-state index in [0.717, 1.165) is 4.70 Å². The number of carbonyl (C=O) groups is 2. The van der Waals surface area contributed by atoms with Gasteiger partial charge in [0, 0.05) is 16.7 Å². The summed E-state index contributed by atoms with van der Waals surface area (Å²) in [5.74, 6) is -0.879. The van der Waals surface area contributed by atoms with E-state index in [0.29, 0.717) is 33.3 Å². The number of halogens is 1. The molecule has 1 heterocycles. The maximum absolute atomic E-state index is 12.6. The van der Waals surface area contributed by atoms with Crippen molar-refractivity contribution in [2.24, 2.45) is 4.99 Å². The zero-order valence-electron chi connectivity index (χ0n) is 14.7. The summed E-state index contributed by atoms with van der Waals surface area (Å²) in [5.41, 5.74) is 0.989. The van der Waals surface area contributed by atoms with Crippen LogP contribution >= 0.6 is 22.9 Å². The first kappa shape index (κ1) is 19.1. The second kappa shape index (κ2) is 7.94. The average molecular weight is 405 g/mol. The number of thiazole rings is 1. The summed E-state index contributed by atoms with van der Waals surface area (Å²) >= 11 is 7.19. The summed E-state index contributed by atoms with van der Waals surface area (Å²) in [6, 6.07) is 11.0. The van der Waals surface area contributed by atoms with Crippen molar-refractivity contribution in [1.82, 2.24) is 4.57 Å². The van der Waals surface area contributed by atoms with Crippen molar-refractivity contribution in [2.45, 2.75) is 19.9 Å². The first-order valence-corrected chi connectivity index (χ1v) is 9.45. The number of ether oxygens (including phenoxy) is 1. The highest BCUT2D eigenvalue weighted by atomic mass is 35.5. The van der Waals surface area contributed by atoms with E-state index in [-0.39, 0.29) is 0 Å². The van der Waals surface area contributed by atoms with Gasteiger partial charge in [-0.05, 0) is 44.2 Å². The van der Waals surface area contributed by atoms with E-state index in [9.17, 15) is 14.7 Å². The maximum atomic E-state index is 12.6. The summed E-state index contributed by atoms with van der Waals surface area (Å²) in [6.45, 7) is 3.91. The van der Waals surface area contributed by atoms with E-state index >= 15 is 0 Å². The molecule has 0 saturated heterocycles. The molecule has 0 spiro atoms. The van der Waals surface area contributed by atoms with Gasteiger partial charge in [0.05, 0.1) is 16.8 Å². The van der Waals surface area contributed by atoms with E-state index in [1.165, 1.54) is 22.0 Å². The monoisotopic (exact) mass is 404 g/mol. The molecule has 1 N–H and O–H groups in total. The van der Waals surface area contributed by atoms with Gasteiger partial charge < -0.3 is 14.4 Å². The predicted octanol–water partition coefficient (Wildman–Crippen LogP) is 4.14. The van der Waals surface area contributed by atoms with Gasteiger partial charge in [0.15, 0.2) is 4.80 Å². The van der Waals surface area contributed by atoms with Crippen molar-refractivity contribution in [2.75, 3.05) is 6.61 Å². The molecule has 0 aliphatic rings. The highest BCUT2D eigenvalue weighted by molar-refractivity contribution is 7.16. The lowest BCUT2D eigenvalue weighted by Gasteiger charge is -2.11. The molecule has 0 aliphatic heterocycles. The van der Waals surface area contributed by atoms with Crippen LogP contribution in [0, 0.1) is 0 Å². The molecule has 3 aromatic rings. The van der Waals surface area contributed by atoms with Crippen molar-refractivity contribution in [3.05, 3.63) is 57.9 Å². The minimum Gasteiger partial charge on any atom is -0.494 e. The van der Waals surface area contributed by atoms with Crippen LogP contribution in [0.2, 0.25) is 5.02 Å². The molecule has 1 atom stereocenters.